The summed E-state index contributed by atoms with van der Waals surface area (Å²) in [5.41, 5.74) is 0.872. The summed E-state index contributed by atoms with van der Waals surface area (Å²) in [6.45, 7) is 0. The highest BCUT2D eigenvalue weighted by molar-refractivity contribution is 9.10. The van der Waals surface area contributed by atoms with E-state index in [0.29, 0.717) is 11.1 Å². The van der Waals surface area contributed by atoms with Gasteiger partial charge in [-0.25, -0.2) is 0 Å². The molecule has 1 aromatic carbocycles. The van der Waals surface area contributed by atoms with E-state index in [2.05, 4.69) is 26.0 Å². The SMILES string of the molecule is CNC(Cc1ccc(OC(F)(F)F)cc1)c1ccc(Br)o1. The maximum absolute atomic E-state index is 12.1. The van der Waals surface area contributed by atoms with E-state index in [9.17, 15) is 13.2 Å². The van der Waals surface area contributed by atoms with Crippen LogP contribution >= 0.6 is 15.9 Å². The monoisotopic (exact) mass is 363 g/mol. The number of nitrogens with one attached hydrogen (secondary N) is 1. The van der Waals surface area contributed by atoms with Crippen LogP contribution in [0, 0.1) is 0 Å². The van der Waals surface area contributed by atoms with Crippen LogP contribution in [0.25, 0.3) is 0 Å². The molecular formula is C14H13BrF3NO2. The van der Waals surface area contributed by atoms with Crippen molar-refractivity contribution < 1.29 is 22.3 Å². The van der Waals surface area contributed by atoms with Gasteiger partial charge in [0.1, 0.15) is 11.5 Å². The molecule has 7 heteroatoms. The van der Waals surface area contributed by atoms with Gasteiger partial charge < -0.3 is 14.5 Å². The third-order valence-electron chi connectivity index (χ3n) is 2.88. The average molecular weight is 364 g/mol. The smallest absolute Gasteiger partial charge is 0.453 e. The summed E-state index contributed by atoms with van der Waals surface area (Å²) in [4.78, 5) is 0. The molecule has 0 radical (unpaired) electrons. The zero-order chi connectivity index (χ0) is 15.5. The van der Waals surface area contributed by atoms with Crippen LogP contribution in [0.1, 0.15) is 17.4 Å². The summed E-state index contributed by atoms with van der Waals surface area (Å²) in [6, 6.07) is 9.37. The molecule has 0 aliphatic carbocycles. The Balaban J connectivity index is 2.05. The third-order valence-corrected chi connectivity index (χ3v) is 3.31. The minimum Gasteiger partial charge on any atom is -0.453 e. The van der Waals surface area contributed by atoms with E-state index in [1.165, 1.54) is 12.1 Å². The van der Waals surface area contributed by atoms with Gasteiger partial charge in [0.25, 0.3) is 0 Å². The van der Waals surface area contributed by atoms with Crippen molar-refractivity contribution in [3.8, 4) is 5.75 Å². The molecule has 1 aromatic heterocycles. The van der Waals surface area contributed by atoms with Crippen molar-refractivity contribution in [2.45, 2.75) is 18.8 Å². The van der Waals surface area contributed by atoms with Crippen LogP contribution < -0.4 is 10.1 Å². The average Bonchev–Trinajstić information content (AvgIpc) is 2.82. The molecule has 0 saturated carbocycles. The van der Waals surface area contributed by atoms with Crippen molar-refractivity contribution in [1.29, 1.82) is 0 Å². The molecule has 0 bridgehead atoms. The summed E-state index contributed by atoms with van der Waals surface area (Å²) in [5.74, 6) is 0.521. The molecule has 114 valence electrons. The second kappa shape index (κ2) is 6.53. The maximum Gasteiger partial charge on any atom is 0.573 e. The second-order valence-electron chi connectivity index (χ2n) is 4.38. The lowest BCUT2D eigenvalue weighted by Gasteiger charge is -2.14. The van der Waals surface area contributed by atoms with Gasteiger partial charge >= 0.3 is 6.36 Å². The summed E-state index contributed by atoms with van der Waals surface area (Å²) in [7, 11) is 1.79. The zero-order valence-electron chi connectivity index (χ0n) is 11.1. The molecule has 0 spiro atoms. The van der Waals surface area contributed by atoms with E-state index < -0.39 is 6.36 Å². The maximum atomic E-state index is 12.1. The van der Waals surface area contributed by atoms with E-state index in [0.717, 1.165) is 11.3 Å². The molecule has 1 unspecified atom stereocenters. The number of hydrogen-bond donors (Lipinski definition) is 1. The molecule has 1 N–H and O–H groups in total. The lowest BCUT2D eigenvalue weighted by atomic mass is 10.0. The number of hydrogen-bond acceptors (Lipinski definition) is 3. The van der Waals surface area contributed by atoms with Crippen LogP contribution in [0.15, 0.2) is 45.5 Å². The first-order chi connectivity index (χ1) is 9.87. The Labute approximate surface area is 128 Å². The topological polar surface area (TPSA) is 34.4 Å². The molecule has 0 aliphatic heterocycles. The Kier molecular flexibility index (Phi) is 4.95. The molecule has 0 aliphatic rings. The second-order valence-corrected chi connectivity index (χ2v) is 5.16. The molecule has 0 amide bonds. The standard InChI is InChI=1S/C14H13BrF3NO2/c1-19-11(12-6-7-13(15)20-12)8-9-2-4-10(5-3-9)21-14(16,17)18/h2-7,11,19H,8H2,1H3. The van der Waals surface area contributed by atoms with Crippen molar-refractivity contribution in [2.24, 2.45) is 0 Å². The van der Waals surface area contributed by atoms with Gasteiger partial charge in [-0.15, -0.1) is 13.2 Å². The lowest BCUT2D eigenvalue weighted by Crippen LogP contribution is -2.18. The number of ether oxygens (including phenoxy) is 1. The largest absolute Gasteiger partial charge is 0.573 e. The molecule has 0 fully saturated rings. The molecular weight excluding hydrogens is 351 g/mol. The van der Waals surface area contributed by atoms with E-state index in [1.54, 1.807) is 25.2 Å². The van der Waals surface area contributed by atoms with Crippen LogP contribution in [-0.2, 0) is 6.42 Å². The summed E-state index contributed by atoms with van der Waals surface area (Å²) in [5, 5.41) is 3.11. The predicted molar refractivity (Wildman–Crippen MR) is 75.0 cm³/mol. The zero-order valence-corrected chi connectivity index (χ0v) is 12.7. The van der Waals surface area contributed by atoms with Gasteiger partial charge in [-0.3, -0.25) is 0 Å². The van der Waals surface area contributed by atoms with Crippen LogP contribution in [0.5, 0.6) is 5.75 Å². The van der Waals surface area contributed by atoms with Crippen LogP contribution in [0.4, 0.5) is 13.2 Å². The normalized spacial score (nSPS) is 13.2. The molecule has 1 heterocycles. The highest BCUT2D eigenvalue weighted by atomic mass is 79.9. The van der Waals surface area contributed by atoms with E-state index in [-0.39, 0.29) is 11.8 Å². The van der Waals surface area contributed by atoms with Crippen molar-refractivity contribution in [3.63, 3.8) is 0 Å². The first kappa shape index (κ1) is 15.9. The number of rotatable bonds is 5. The Morgan fingerprint density at radius 1 is 1.19 bits per heavy atom. The lowest BCUT2D eigenvalue weighted by molar-refractivity contribution is -0.274. The number of alkyl halides is 3. The summed E-state index contributed by atoms with van der Waals surface area (Å²) in [6.07, 6.45) is -4.09. The fraction of sp³-hybridized carbons (Fsp3) is 0.286. The van der Waals surface area contributed by atoms with E-state index >= 15 is 0 Å². The van der Waals surface area contributed by atoms with Gasteiger partial charge in [0, 0.05) is 0 Å². The summed E-state index contributed by atoms with van der Waals surface area (Å²) >= 11 is 3.23. The van der Waals surface area contributed by atoms with Crippen LogP contribution in [0.3, 0.4) is 0 Å². The minimum atomic E-state index is -4.67. The van der Waals surface area contributed by atoms with Crippen LogP contribution in [-0.4, -0.2) is 13.4 Å². The predicted octanol–water partition coefficient (Wildman–Crippen LogP) is 4.44. The quantitative estimate of drug-likeness (QED) is 0.852. The Morgan fingerprint density at radius 2 is 1.86 bits per heavy atom. The highest BCUT2D eigenvalue weighted by Gasteiger charge is 2.31. The van der Waals surface area contributed by atoms with Crippen molar-refractivity contribution >= 4 is 15.9 Å². The van der Waals surface area contributed by atoms with Gasteiger partial charge in [0.2, 0.25) is 0 Å². The fourth-order valence-corrected chi connectivity index (χ4v) is 2.24. The van der Waals surface area contributed by atoms with E-state index in [1.807, 2.05) is 6.07 Å². The highest BCUT2D eigenvalue weighted by Crippen LogP contribution is 2.26. The van der Waals surface area contributed by atoms with Gasteiger partial charge in [-0.05, 0) is 59.2 Å². The van der Waals surface area contributed by atoms with Crippen molar-refractivity contribution in [1.82, 2.24) is 5.32 Å². The molecule has 2 rings (SSSR count). The minimum absolute atomic E-state index is 0.0642. The number of benzene rings is 1. The third kappa shape index (κ3) is 4.78. The molecule has 0 saturated heterocycles. The van der Waals surface area contributed by atoms with Gasteiger partial charge in [-0.1, -0.05) is 12.1 Å². The Morgan fingerprint density at radius 3 is 2.33 bits per heavy atom. The molecule has 2 aromatic rings. The Bertz CT molecular complexity index is 581. The van der Waals surface area contributed by atoms with E-state index in [4.69, 9.17) is 4.42 Å². The van der Waals surface area contributed by atoms with Gasteiger partial charge in [-0.2, -0.15) is 0 Å². The molecule has 3 nitrogen and oxygen atoms in total. The first-order valence-electron chi connectivity index (χ1n) is 6.14. The number of furan rings is 1. The fourth-order valence-electron chi connectivity index (χ4n) is 1.92. The van der Waals surface area contributed by atoms with Crippen molar-refractivity contribution in [2.75, 3.05) is 7.05 Å². The van der Waals surface area contributed by atoms with Crippen LogP contribution in [0.2, 0.25) is 0 Å². The van der Waals surface area contributed by atoms with Gasteiger partial charge in [0.05, 0.1) is 6.04 Å². The molecule has 1 atom stereocenters. The Hall–Kier alpha value is -1.47. The first-order valence-corrected chi connectivity index (χ1v) is 6.94. The summed E-state index contributed by atoms with van der Waals surface area (Å²) < 4.78 is 46.2. The molecule has 21 heavy (non-hydrogen) atoms. The number of halogens is 4. The van der Waals surface area contributed by atoms with Gasteiger partial charge in [0.15, 0.2) is 4.67 Å². The number of likely N-dealkylation sites (N-methyl/N-ethyl adjacent to an activating group) is 1. The van der Waals surface area contributed by atoms with Crippen molar-refractivity contribution in [3.05, 3.63) is 52.4 Å².